The van der Waals surface area contributed by atoms with Gasteiger partial charge in [-0.05, 0) is 11.4 Å². The van der Waals surface area contributed by atoms with E-state index in [1.807, 2.05) is 0 Å². The van der Waals surface area contributed by atoms with Crippen molar-refractivity contribution in [2.45, 2.75) is 0 Å². The maximum absolute atomic E-state index is 11.6. The fraction of sp³-hybridized carbons (Fsp3) is 0.222. The van der Waals surface area contributed by atoms with Crippen LogP contribution in [0.5, 0.6) is 0 Å². The summed E-state index contributed by atoms with van der Waals surface area (Å²) < 4.78 is 0. The number of nitrogens with zero attached hydrogens (tertiary/aromatic N) is 1. The van der Waals surface area contributed by atoms with E-state index in [1.165, 1.54) is 16.2 Å². The Balaban J connectivity index is 2.81. The molecule has 0 aliphatic heterocycles. The number of hydrogen-bond donors (Lipinski definition) is 0. The van der Waals surface area contributed by atoms with Crippen LogP contribution in [0.25, 0.3) is 0 Å². The highest BCUT2D eigenvalue weighted by molar-refractivity contribution is 7.12. The quantitative estimate of drug-likeness (QED) is 0.690. The molecule has 1 rings (SSSR count). The third-order valence-corrected chi connectivity index (χ3v) is 2.82. The van der Waals surface area contributed by atoms with E-state index in [0.717, 1.165) is 0 Å². The fourth-order valence-corrected chi connectivity index (χ4v) is 1.96. The summed E-state index contributed by atoms with van der Waals surface area (Å²) in [6.07, 6.45) is 5.09. The maximum atomic E-state index is 11.6. The molecule has 0 radical (unpaired) electrons. The molecule has 4 heteroatoms. The fourth-order valence-electron chi connectivity index (χ4n) is 0.828. The van der Waals surface area contributed by atoms with Crippen molar-refractivity contribution in [2.75, 3.05) is 13.6 Å². The molecule has 0 aromatic carbocycles. The van der Waals surface area contributed by atoms with Crippen LogP contribution >= 0.6 is 22.9 Å². The van der Waals surface area contributed by atoms with Gasteiger partial charge < -0.3 is 4.90 Å². The maximum Gasteiger partial charge on any atom is 0.265 e. The Bertz CT molecular complexity index is 353. The molecule has 0 saturated carbocycles. The first-order chi connectivity index (χ1) is 6.16. The zero-order valence-electron chi connectivity index (χ0n) is 7.08. The van der Waals surface area contributed by atoms with Crippen molar-refractivity contribution in [2.24, 2.45) is 0 Å². The lowest BCUT2D eigenvalue weighted by atomic mass is 10.4. The van der Waals surface area contributed by atoms with Crippen molar-refractivity contribution in [3.63, 3.8) is 0 Å². The van der Waals surface area contributed by atoms with E-state index in [9.17, 15) is 4.79 Å². The lowest BCUT2D eigenvalue weighted by Gasteiger charge is -2.12. The van der Waals surface area contributed by atoms with Crippen molar-refractivity contribution in [3.8, 4) is 12.3 Å². The van der Waals surface area contributed by atoms with Gasteiger partial charge in [-0.1, -0.05) is 17.5 Å². The van der Waals surface area contributed by atoms with Gasteiger partial charge in [0.05, 0.1) is 11.6 Å². The number of halogens is 1. The zero-order chi connectivity index (χ0) is 9.84. The Labute approximate surface area is 86.1 Å². The van der Waals surface area contributed by atoms with Gasteiger partial charge in [0, 0.05) is 7.05 Å². The molecule has 0 saturated heterocycles. The highest BCUT2D eigenvalue weighted by Crippen LogP contribution is 2.22. The summed E-state index contributed by atoms with van der Waals surface area (Å²) in [5, 5.41) is 2.26. The van der Waals surface area contributed by atoms with Crippen molar-refractivity contribution < 1.29 is 4.79 Å². The molecule has 2 nitrogen and oxygen atoms in total. The summed E-state index contributed by atoms with van der Waals surface area (Å²) in [5.74, 6) is 2.27. The standard InChI is InChI=1S/C9H8ClNOS/c1-3-5-11(2)9(12)8-7(10)4-6-13-8/h1,4,6H,5H2,2H3. The number of thiophene rings is 1. The molecular formula is C9H8ClNOS. The SMILES string of the molecule is C#CCN(C)C(=O)c1sccc1Cl. The van der Waals surface area contributed by atoms with Crippen LogP contribution in [0.4, 0.5) is 0 Å². The summed E-state index contributed by atoms with van der Waals surface area (Å²) in [4.78, 5) is 13.6. The minimum absolute atomic E-state index is 0.127. The number of terminal acetylenes is 1. The van der Waals surface area contributed by atoms with Gasteiger partial charge in [0.15, 0.2) is 0 Å². The monoisotopic (exact) mass is 213 g/mol. The Morgan fingerprint density at radius 2 is 2.54 bits per heavy atom. The van der Waals surface area contributed by atoms with Gasteiger partial charge in [-0.25, -0.2) is 0 Å². The largest absolute Gasteiger partial charge is 0.330 e. The topological polar surface area (TPSA) is 20.3 Å². The molecule has 0 fully saturated rings. The molecule has 0 spiro atoms. The molecule has 1 heterocycles. The van der Waals surface area contributed by atoms with Gasteiger partial charge >= 0.3 is 0 Å². The number of hydrogen-bond acceptors (Lipinski definition) is 2. The Hall–Kier alpha value is -0.980. The molecule has 0 atom stereocenters. The normalized spacial score (nSPS) is 9.31. The molecule has 0 N–H and O–H groups in total. The summed E-state index contributed by atoms with van der Waals surface area (Å²) in [6, 6.07) is 1.70. The predicted molar refractivity (Wildman–Crippen MR) is 55.1 cm³/mol. The van der Waals surface area contributed by atoms with Gasteiger partial charge in [0.2, 0.25) is 0 Å². The lowest BCUT2D eigenvalue weighted by Crippen LogP contribution is -2.26. The first kappa shape index (κ1) is 10.1. The average molecular weight is 214 g/mol. The van der Waals surface area contributed by atoms with Crippen LogP contribution in [-0.2, 0) is 0 Å². The van der Waals surface area contributed by atoms with Crippen LogP contribution in [0, 0.1) is 12.3 Å². The first-order valence-electron chi connectivity index (χ1n) is 3.58. The van der Waals surface area contributed by atoms with Crippen molar-refractivity contribution in [3.05, 3.63) is 21.3 Å². The zero-order valence-corrected chi connectivity index (χ0v) is 8.65. The van der Waals surface area contributed by atoms with Crippen LogP contribution in [-0.4, -0.2) is 24.4 Å². The summed E-state index contributed by atoms with van der Waals surface area (Å²) in [5.41, 5.74) is 0. The molecule has 13 heavy (non-hydrogen) atoms. The van der Waals surface area contributed by atoms with E-state index in [2.05, 4.69) is 5.92 Å². The van der Waals surface area contributed by atoms with Crippen LogP contribution in [0.1, 0.15) is 9.67 Å². The first-order valence-corrected chi connectivity index (χ1v) is 4.84. The number of rotatable bonds is 2. The third kappa shape index (κ3) is 2.24. The highest BCUT2D eigenvalue weighted by Gasteiger charge is 2.15. The molecule has 68 valence electrons. The minimum atomic E-state index is -0.127. The number of carbonyl (C=O) groups is 1. The van der Waals surface area contributed by atoms with Crippen LogP contribution in [0.15, 0.2) is 11.4 Å². The summed E-state index contributed by atoms with van der Waals surface area (Å²) >= 11 is 7.11. The van der Waals surface area contributed by atoms with E-state index in [0.29, 0.717) is 16.4 Å². The molecule has 1 amide bonds. The molecule has 0 aliphatic rings. The third-order valence-electron chi connectivity index (χ3n) is 1.49. The summed E-state index contributed by atoms with van der Waals surface area (Å²) in [7, 11) is 1.65. The Morgan fingerprint density at radius 3 is 3.00 bits per heavy atom. The minimum Gasteiger partial charge on any atom is -0.330 e. The van der Waals surface area contributed by atoms with Crippen molar-refractivity contribution in [1.82, 2.24) is 4.90 Å². The van der Waals surface area contributed by atoms with Gasteiger partial charge in [-0.3, -0.25) is 4.79 Å². The van der Waals surface area contributed by atoms with Gasteiger partial charge in [0.1, 0.15) is 4.88 Å². The second-order valence-corrected chi connectivity index (χ2v) is 3.79. The van der Waals surface area contributed by atoms with E-state index in [4.69, 9.17) is 18.0 Å². The molecule has 0 unspecified atom stereocenters. The van der Waals surface area contributed by atoms with Crippen LogP contribution in [0.3, 0.4) is 0 Å². The molecule has 0 bridgehead atoms. The lowest BCUT2D eigenvalue weighted by molar-refractivity contribution is 0.0817. The Morgan fingerprint density at radius 1 is 1.85 bits per heavy atom. The number of carbonyl (C=O) groups excluding carboxylic acids is 1. The smallest absolute Gasteiger partial charge is 0.265 e. The molecule has 1 aromatic rings. The predicted octanol–water partition coefficient (Wildman–Crippen LogP) is 2.11. The Kier molecular flexibility index (Phi) is 3.35. The molecular weight excluding hydrogens is 206 g/mol. The van der Waals surface area contributed by atoms with Gasteiger partial charge in [-0.15, -0.1) is 17.8 Å². The van der Waals surface area contributed by atoms with E-state index in [1.54, 1.807) is 18.5 Å². The van der Waals surface area contributed by atoms with Crippen LogP contribution in [0.2, 0.25) is 5.02 Å². The van der Waals surface area contributed by atoms with Crippen LogP contribution < -0.4 is 0 Å². The molecule has 0 aliphatic carbocycles. The second kappa shape index (κ2) is 4.31. The van der Waals surface area contributed by atoms with Gasteiger partial charge in [0.25, 0.3) is 5.91 Å². The average Bonchev–Trinajstić information content (AvgIpc) is 2.50. The highest BCUT2D eigenvalue weighted by atomic mass is 35.5. The second-order valence-electron chi connectivity index (χ2n) is 2.46. The summed E-state index contributed by atoms with van der Waals surface area (Å²) in [6.45, 7) is 0.299. The van der Waals surface area contributed by atoms with Crippen molar-refractivity contribution in [1.29, 1.82) is 0 Å². The van der Waals surface area contributed by atoms with Gasteiger partial charge in [-0.2, -0.15) is 0 Å². The van der Waals surface area contributed by atoms with E-state index < -0.39 is 0 Å². The number of amides is 1. The van der Waals surface area contributed by atoms with E-state index in [-0.39, 0.29) is 5.91 Å². The van der Waals surface area contributed by atoms with E-state index >= 15 is 0 Å². The molecule has 1 aromatic heterocycles. The van der Waals surface area contributed by atoms with Crippen molar-refractivity contribution >= 4 is 28.8 Å².